The van der Waals surface area contributed by atoms with Crippen molar-refractivity contribution in [3.63, 3.8) is 0 Å². The summed E-state index contributed by atoms with van der Waals surface area (Å²) in [6, 6.07) is 27.2. The van der Waals surface area contributed by atoms with Crippen LogP contribution in [0, 0.1) is 11.3 Å². The van der Waals surface area contributed by atoms with E-state index < -0.39 is 17.4 Å². The van der Waals surface area contributed by atoms with Gasteiger partial charge in [0.1, 0.15) is 11.5 Å². The average molecular weight is 417 g/mol. The number of ether oxygens (including phenoxy) is 2. The molecule has 0 saturated carbocycles. The highest BCUT2D eigenvalue weighted by Crippen LogP contribution is 2.35. The summed E-state index contributed by atoms with van der Waals surface area (Å²) in [6.45, 7) is 4.14. The van der Waals surface area contributed by atoms with Crippen LogP contribution in [0.1, 0.15) is 32.3 Å². The maximum Gasteiger partial charge on any atom is 0.329 e. The summed E-state index contributed by atoms with van der Waals surface area (Å²) in [6.07, 6.45) is 1.22. The number of hydrogen-bond acceptors (Lipinski definition) is 4. The van der Waals surface area contributed by atoms with Crippen molar-refractivity contribution in [3.8, 4) is 11.5 Å². The highest BCUT2D eigenvalue weighted by Gasteiger charge is 2.49. The SMILES string of the molecule is CC(C)CCC(Cc1ccccc1)(C(=O)Oc1ccccc1)C(=O)Oc1ccccc1. The number of rotatable bonds is 9. The lowest BCUT2D eigenvalue weighted by molar-refractivity contribution is -0.162. The van der Waals surface area contributed by atoms with Gasteiger partial charge in [0.05, 0.1) is 0 Å². The second kappa shape index (κ2) is 10.6. The highest BCUT2D eigenvalue weighted by molar-refractivity contribution is 6.02. The van der Waals surface area contributed by atoms with Crippen LogP contribution in [0.15, 0.2) is 91.0 Å². The van der Waals surface area contributed by atoms with Crippen molar-refractivity contribution in [1.29, 1.82) is 0 Å². The number of hydrogen-bond donors (Lipinski definition) is 0. The Morgan fingerprint density at radius 2 is 1.13 bits per heavy atom. The monoisotopic (exact) mass is 416 g/mol. The van der Waals surface area contributed by atoms with E-state index in [1.165, 1.54) is 0 Å². The van der Waals surface area contributed by atoms with E-state index in [4.69, 9.17) is 9.47 Å². The van der Waals surface area contributed by atoms with Crippen LogP contribution in [0.2, 0.25) is 0 Å². The molecule has 0 heterocycles. The molecular weight excluding hydrogens is 388 g/mol. The molecule has 3 rings (SSSR count). The molecule has 0 aliphatic carbocycles. The van der Waals surface area contributed by atoms with Crippen LogP contribution < -0.4 is 9.47 Å². The molecule has 0 atom stereocenters. The molecule has 160 valence electrons. The molecule has 0 saturated heterocycles. The molecule has 31 heavy (non-hydrogen) atoms. The summed E-state index contributed by atoms with van der Waals surface area (Å²) in [5, 5.41) is 0. The third kappa shape index (κ3) is 6.05. The maximum absolute atomic E-state index is 13.6. The van der Waals surface area contributed by atoms with Crippen molar-refractivity contribution >= 4 is 11.9 Å². The van der Waals surface area contributed by atoms with Gasteiger partial charge in [0.2, 0.25) is 0 Å². The second-order valence-corrected chi connectivity index (χ2v) is 8.08. The summed E-state index contributed by atoms with van der Waals surface area (Å²) in [4.78, 5) is 27.1. The minimum atomic E-state index is -1.46. The van der Waals surface area contributed by atoms with Crippen LogP contribution >= 0.6 is 0 Å². The molecular formula is C27H28O4. The van der Waals surface area contributed by atoms with Gasteiger partial charge in [-0.25, -0.2) is 0 Å². The molecule has 0 amide bonds. The Morgan fingerprint density at radius 3 is 1.55 bits per heavy atom. The standard InChI is InChI=1S/C27H28O4/c1-21(2)18-19-27(20-22-12-6-3-7-13-22,25(28)30-23-14-8-4-9-15-23)26(29)31-24-16-10-5-11-17-24/h3-17,21H,18-20H2,1-2H3. The normalized spacial score (nSPS) is 11.2. The topological polar surface area (TPSA) is 52.6 Å². The van der Waals surface area contributed by atoms with Crippen LogP contribution in [0.25, 0.3) is 0 Å². The summed E-state index contributed by atoms with van der Waals surface area (Å²) in [5.74, 6) is -0.0681. The predicted octanol–water partition coefficient (Wildman–Crippen LogP) is 5.86. The smallest absolute Gasteiger partial charge is 0.329 e. The van der Waals surface area contributed by atoms with Crippen molar-refractivity contribution < 1.29 is 19.1 Å². The molecule has 0 fully saturated rings. The first-order valence-corrected chi connectivity index (χ1v) is 10.6. The van der Waals surface area contributed by atoms with Crippen LogP contribution in [0.3, 0.4) is 0 Å². The van der Waals surface area contributed by atoms with Crippen molar-refractivity contribution in [1.82, 2.24) is 0 Å². The van der Waals surface area contributed by atoms with Gasteiger partial charge in [0.15, 0.2) is 5.41 Å². The van der Waals surface area contributed by atoms with Gasteiger partial charge in [0, 0.05) is 0 Å². The first kappa shape index (κ1) is 22.3. The molecule has 3 aromatic carbocycles. The largest absolute Gasteiger partial charge is 0.426 e. The Kier molecular flexibility index (Phi) is 7.60. The summed E-state index contributed by atoms with van der Waals surface area (Å²) >= 11 is 0. The molecule has 3 aromatic rings. The zero-order chi connectivity index (χ0) is 22.1. The Morgan fingerprint density at radius 1 is 0.710 bits per heavy atom. The molecule has 0 radical (unpaired) electrons. The van der Waals surface area contributed by atoms with Gasteiger partial charge in [0.25, 0.3) is 0 Å². The fraction of sp³-hybridized carbons (Fsp3) is 0.259. The molecule has 0 aliphatic heterocycles. The maximum atomic E-state index is 13.6. The third-order valence-electron chi connectivity index (χ3n) is 5.19. The average Bonchev–Trinajstić information content (AvgIpc) is 2.78. The van der Waals surface area contributed by atoms with Crippen LogP contribution in [0.5, 0.6) is 11.5 Å². The van der Waals surface area contributed by atoms with Gasteiger partial charge < -0.3 is 9.47 Å². The summed E-state index contributed by atoms with van der Waals surface area (Å²) in [7, 11) is 0. The van der Waals surface area contributed by atoms with E-state index in [1.807, 2.05) is 42.5 Å². The Labute approximate surface area is 183 Å². The van der Waals surface area contributed by atoms with Crippen molar-refractivity contribution in [2.24, 2.45) is 11.3 Å². The Balaban J connectivity index is 1.99. The van der Waals surface area contributed by atoms with E-state index in [-0.39, 0.29) is 6.42 Å². The van der Waals surface area contributed by atoms with E-state index >= 15 is 0 Å². The second-order valence-electron chi connectivity index (χ2n) is 8.08. The van der Waals surface area contributed by atoms with Crippen LogP contribution in [-0.2, 0) is 16.0 Å². The molecule has 0 N–H and O–H groups in total. The highest BCUT2D eigenvalue weighted by atomic mass is 16.6. The van der Waals surface area contributed by atoms with Gasteiger partial charge in [-0.2, -0.15) is 0 Å². The number of carbonyl (C=O) groups is 2. The molecule has 4 nitrogen and oxygen atoms in total. The zero-order valence-corrected chi connectivity index (χ0v) is 18.0. The van der Waals surface area contributed by atoms with Crippen molar-refractivity contribution in [2.45, 2.75) is 33.1 Å². The molecule has 0 aromatic heterocycles. The fourth-order valence-corrected chi connectivity index (χ4v) is 3.39. The van der Waals surface area contributed by atoms with E-state index in [0.717, 1.165) is 5.56 Å². The molecule has 0 spiro atoms. The van der Waals surface area contributed by atoms with Gasteiger partial charge in [-0.3, -0.25) is 9.59 Å². The number of benzene rings is 3. The summed E-state index contributed by atoms with van der Waals surface area (Å²) < 4.78 is 11.4. The van der Waals surface area contributed by atoms with Crippen molar-refractivity contribution in [3.05, 3.63) is 96.6 Å². The molecule has 0 aliphatic rings. The number of para-hydroxylation sites is 2. The lowest BCUT2D eigenvalue weighted by Gasteiger charge is -2.30. The van der Waals surface area contributed by atoms with E-state index in [1.54, 1.807) is 48.5 Å². The van der Waals surface area contributed by atoms with Gasteiger partial charge in [-0.15, -0.1) is 0 Å². The Bertz CT molecular complexity index is 912. The minimum Gasteiger partial charge on any atom is -0.426 e. The van der Waals surface area contributed by atoms with Crippen LogP contribution in [-0.4, -0.2) is 11.9 Å². The number of carbonyl (C=O) groups excluding carboxylic acids is 2. The van der Waals surface area contributed by atoms with Gasteiger partial charge in [-0.05, 0) is 55.0 Å². The van der Waals surface area contributed by atoms with Crippen molar-refractivity contribution in [2.75, 3.05) is 0 Å². The Hall–Kier alpha value is -3.40. The van der Waals surface area contributed by atoms with Gasteiger partial charge in [-0.1, -0.05) is 80.6 Å². The fourth-order valence-electron chi connectivity index (χ4n) is 3.39. The lowest BCUT2D eigenvalue weighted by atomic mass is 9.76. The summed E-state index contributed by atoms with van der Waals surface area (Å²) in [5.41, 5.74) is -0.585. The molecule has 4 heteroatoms. The van der Waals surface area contributed by atoms with E-state index in [0.29, 0.717) is 30.3 Å². The first-order chi connectivity index (χ1) is 15.0. The first-order valence-electron chi connectivity index (χ1n) is 10.6. The zero-order valence-electron chi connectivity index (χ0n) is 18.0. The predicted molar refractivity (Wildman–Crippen MR) is 121 cm³/mol. The van der Waals surface area contributed by atoms with E-state index in [9.17, 15) is 9.59 Å². The van der Waals surface area contributed by atoms with Gasteiger partial charge >= 0.3 is 11.9 Å². The third-order valence-corrected chi connectivity index (χ3v) is 5.19. The van der Waals surface area contributed by atoms with Crippen LogP contribution in [0.4, 0.5) is 0 Å². The number of esters is 2. The quantitative estimate of drug-likeness (QED) is 0.249. The molecule has 0 bridgehead atoms. The molecule has 0 unspecified atom stereocenters. The van der Waals surface area contributed by atoms with E-state index in [2.05, 4.69) is 13.8 Å². The lowest BCUT2D eigenvalue weighted by Crippen LogP contribution is -2.46. The minimum absolute atomic E-state index is 0.206.